The van der Waals surface area contributed by atoms with Gasteiger partial charge in [-0.2, -0.15) is 5.10 Å². The largest absolute Gasteiger partial charge is 0.380 e. The second-order valence-electron chi connectivity index (χ2n) is 4.71. The maximum Gasteiger partial charge on any atom is 0.271 e. The van der Waals surface area contributed by atoms with E-state index in [1.54, 1.807) is 23.1 Å². The Hall–Kier alpha value is -2.93. The van der Waals surface area contributed by atoms with E-state index in [4.69, 9.17) is 11.6 Å². The highest BCUT2D eigenvalue weighted by molar-refractivity contribution is 6.33. The predicted molar refractivity (Wildman–Crippen MR) is 86.8 cm³/mol. The minimum atomic E-state index is -0.480. The van der Waals surface area contributed by atoms with Crippen molar-refractivity contribution in [2.75, 3.05) is 5.32 Å². The van der Waals surface area contributed by atoms with E-state index < -0.39 is 4.92 Å². The fourth-order valence-corrected chi connectivity index (χ4v) is 2.36. The van der Waals surface area contributed by atoms with Gasteiger partial charge in [-0.05, 0) is 18.2 Å². The number of rotatable bonds is 5. The van der Waals surface area contributed by atoms with Crippen LogP contribution in [0.25, 0.3) is 5.82 Å². The highest BCUT2D eigenvalue weighted by Gasteiger charge is 2.10. The van der Waals surface area contributed by atoms with E-state index in [0.717, 1.165) is 5.56 Å². The third-order valence-electron chi connectivity index (χ3n) is 3.22. The Balaban J connectivity index is 1.81. The summed E-state index contributed by atoms with van der Waals surface area (Å²) < 4.78 is 1.68. The highest BCUT2D eigenvalue weighted by atomic mass is 35.5. The third kappa shape index (κ3) is 3.29. The molecule has 23 heavy (non-hydrogen) atoms. The minimum Gasteiger partial charge on any atom is -0.380 e. The van der Waals surface area contributed by atoms with Crippen molar-refractivity contribution in [3.05, 3.63) is 75.7 Å². The molecule has 0 aliphatic carbocycles. The SMILES string of the molecule is O=[N+]([O-])c1ccc(NCc2cccnc2-n2cccn2)c(Cl)c1. The fourth-order valence-electron chi connectivity index (χ4n) is 2.12. The van der Waals surface area contributed by atoms with E-state index >= 15 is 0 Å². The summed E-state index contributed by atoms with van der Waals surface area (Å²) in [6, 6.07) is 9.90. The van der Waals surface area contributed by atoms with Crippen LogP contribution in [-0.4, -0.2) is 19.7 Å². The standard InChI is InChI=1S/C15H12ClN5O2/c16-13-9-12(21(22)23)4-5-14(13)18-10-11-3-1-6-17-15(11)20-8-2-7-19-20/h1-9,18H,10H2. The minimum absolute atomic E-state index is 0.0424. The number of aromatic nitrogens is 3. The topological polar surface area (TPSA) is 85.9 Å². The van der Waals surface area contributed by atoms with Gasteiger partial charge in [0.25, 0.3) is 5.69 Å². The van der Waals surface area contributed by atoms with Crippen molar-refractivity contribution in [2.45, 2.75) is 6.54 Å². The zero-order valence-electron chi connectivity index (χ0n) is 11.9. The number of nitrogens with zero attached hydrogens (tertiary/aromatic N) is 4. The second kappa shape index (κ2) is 6.45. The van der Waals surface area contributed by atoms with Crippen LogP contribution in [0.1, 0.15) is 5.56 Å². The van der Waals surface area contributed by atoms with Gasteiger partial charge in [0, 0.05) is 42.8 Å². The summed E-state index contributed by atoms with van der Waals surface area (Å²) >= 11 is 6.08. The average molecular weight is 330 g/mol. The van der Waals surface area contributed by atoms with Crippen LogP contribution in [0.3, 0.4) is 0 Å². The first-order valence-corrected chi connectivity index (χ1v) is 7.14. The number of hydrogen-bond donors (Lipinski definition) is 1. The van der Waals surface area contributed by atoms with Crippen molar-refractivity contribution in [1.82, 2.24) is 14.8 Å². The molecular weight excluding hydrogens is 318 g/mol. The Bertz CT molecular complexity index is 836. The monoisotopic (exact) mass is 329 g/mol. The summed E-state index contributed by atoms with van der Waals surface area (Å²) in [7, 11) is 0. The Labute approximate surface area is 136 Å². The molecule has 2 heterocycles. The normalized spacial score (nSPS) is 10.5. The highest BCUT2D eigenvalue weighted by Crippen LogP contribution is 2.27. The molecule has 3 aromatic rings. The quantitative estimate of drug-likeness (QED) is 0.572. The molecule has 8 heteroatoms. The van der Waals surface area contributed by atoms with Gasteiger partial charge in [-0.25, -0.2) is 9.67 Å². The average Bonchev–Trinajstić information content (AvgIpc) is 3.08. The van der Waals surface area contributed by atoms with E-state index in [2.05, 4.69) is 15.4 Å². The van der Waals surface area contributed by atoms with Crippen LogP contribution in [0.4, 0.5) is 11.4 Å². The molecule has 0 spiro atoms. The molecule has 0 amide bonds. The molecule has 1 aromatic carbocycles. The van der Waals surface area contributed by atoms with E-state index in [1.165, 1.54) is 12.1 Å². The van der Waals surface area contributed by atoms with Crippen LogP contribution < -0.4 is 5.32 Å². The number of hydrogen-bond acceptors (Lipinski definition) is 5. The molecule has 7 nitrogen and oxygen atoms in total. The predicted octanol–water partition coefficient (Wildman–Crippen LogP) is 3.44. The molecule has 0 radical (unpaired) electrons. The Morgan fingerprint density at radius 2 is 2.13 bits per heavy atom. The van der Waals surface area contributed by atoms with E-state index in [1.807, 2.05) is 24.4 Å². The Morgan fingerprint density at radius 1 is 1.26 bits per heavy atom. The molecule has 0 aliphatic rings. The first kappa shape index (κ1) is 15.0. The summed E-state index contributed by atoms with van der Waals surface area (Å²) in [5.74, 6) is 0.711. The number of benzene rings is 1. The van der Waals surface area contributed by atoms with Gasteiger partial charge in [0.05, 0.1) is 15.6 Å². The molecule has 0 saturated carbocycles. The van der Waals surface area contributed by atoms with Gasteiger partial charge in [-0.1, -0.05) is 17.7 Å². The summed E-state index contributed by atoms with van der Waals surface area (Å²) in [5, 5.41) is 18.4. The van der Waals surface area contributed by atoms with E-state index in [-0.39, 0.29) is 5.69 Å². The van der Waals surface area contributed by atoms with Crippen LogP contribution in [0.15, 0.2) is 55.0 Å². The molecule has 0 aliphatic heterocycles. The maximum absolute atomic E-state index is 10.7. The Kier molecular flexibility index (Phi) is 4.20. The molecule has 2 aromatic heterocycles. The van der Waals surface area contributed by atoms with Gasteiger partial charge in [0.1, 0.15) is 0 Å². The van der Waals surface area contributed by atoms with Crippen molar-refractivity contribution in [1.29, 1.82) is 0 Å². The lowest BCUT2D eigenvalue weighted by Gasteiger charge is -2.11. The van der Waals surface area contributed by atoms with Crippen molar-refractivity contribution in [3.63, 3.8) is 0 Å². The van der Waals surface area contributed by atoms with Gasteiger partial charge in [-0.3, -0.25) is 10.1 Å². The molecule has 0 saturated heterocycles. The summed E-state index contributed by atoms with van der Waals surface area (Å²) in [6.45, 7) is 0.459. The first-order valence-electron chi connectivity index (χ1n) is 6.77. The van der Waals surface area contributed by atoms with E-state index in [9.17, 15) is 10.1 Å². The van der Waals surface area contributed by atoms with Crippen molar-refractivity contribution >= 4 is 23.0 Å². The zero-order chi connectivity index (χ0) is 16.2. The molecule has 0 fully saturated rings. The van der Waals surface area contributed by atoms with Crippen LogP contribution in [0.5, 0.6) is 0 Å². The van der Waals surface area contributed by atoms with E-state index in [0.29, 0.717) is 23.1 Å². The summed E-state index contributed by atoms with van der Waals surface area (Å²) in [5.41, 5.74) is 1.50. The molecule has 1 N–H and O–H groups in total. The number of anilines is 1. The Morgan fingerprint density at radius 3 is 2.83 bits per heavy atom. The number of pyridine rings is 1. The lowest BCUT2D eigenvalue weighted by Crippen LogP contribution is -2.07. The molecule has 0 unspecified atom stereocenters. The molecule has 116 valence electrons. The molecule has 0 bridgehead atoms. The molecular formula is C15H12ClN5O2. The second-order valence-corrected chi connectivity index (χ2v) is 5.12. The fraction of sp³-hybridized carbons (Fsp3) is 0.0667. The van der Waals surface area contributed by atoms with Crippen LogP contribution >= 0.6 is 11.6 Å². The van der Waals surface area contributed by atoms with Gasteiger partial charge in [0.2, 0.25) is 0 Å². The summed E-state index contributed by atoms with van der Waals surface area (Å²) in [4.78, 5) is 14.6. The number of nitro groups is 1. The first-order chi connectivity index (χ1) is 11.1. The number of nitrogens with one attached hydrogen (secondary N) is 1. The van der Waals surface area contributed by atoms with Crippen molar-refractivity contribution in [2.24, 2.45) is 0 Å². The molecule has 3 rings (SSSR count). The van der Waals surface area contributed by atoms with Crippen molar-refractivity contribution < 1.29 is 4.92 Å². The van der Waals surface area contributed by atoms with Gasteiger partial charge in [0.15, 0.2) is 5.82 Å². The lowest BCUT2D eigenvalue weighted by molar-refractivity contribution is -0.384. The van der Waals surface area contributed by atoms with Crippen LogP contribution in [0, 0.1) is 10.1 Å². The van der Waals surface area contributed by atoms with Gasteiger partial charge in [-0.15, -0.1) is 0 Å². The van der Waals surface area contributed by atoms with Gasteiger partial charge >= 0.3 is 0 Å². The third-order valence-corrected chi connectivity index (χ3v) is 3.53. The number of nitro benzene ring substituents is 1. The van der Waals surface area contributed by atoms with Crippen LogP contribution in [-0.2, 0) is 6.54 Å². The summed E-state index contributed by atoms with van der Waals surface area (Å²) in [6.07, 6.45) is 5.18. The van der Waals surface area contributed by atoms with Crippen LogP contribution in [0.2, 0.25) is 5.02 Å². The maximum atomic E-state index is 10.7. The zero-order valence-corrected chi connectivity index (χ0v) is 12.6. The number of halogens is 1. The van der Waals surface area contributed by atoms with Crippen molar-refractivity contribution in [3.8, 4) is 5.82 Å². The lowest BCUT2D eigenvalue weighted by atomic mass is 10.2. The smallest absolute Gasteiger partial charge is 0.271 e. The van der Waals surface area contributed by atoms with Gasteiger partial charge < -0.3 is 5.32 Å². The molecule has 0 atom stereocenters. The number of non-ortho nitro benzene ring substituents is 1.